The first-order valence-electron chi connectivity index (χ1n) is 8.52. The average Bonchev–Trinajstić information content (AvgIpc) is 3.16. The zero-order valence-corrected chi connectivity index (χ0v) is 14.6. The maximum Gasteiger partial charge on any atom is 0.247 e. The molecule has 0 saturated heterocycles. The van der Waals surface area contributed by atoms with Crippen LogP contribution in [0.15, 0.2) is 59.0 Å². The second-order valence-electron chi connectivity index (χ2n) is 5.85. The van der Waals surface area contributed by atoms with Gasteiger partial charge in [0.15, 0.2) is 0 Å². The van der Waals surface area contributed by atoms with Crippen molar-refractivity contribution in [2.75, 3.05) is 7.11 Å². The lowest BCUT2D eigenvalue weighted by atomic mass is 10.2. The van der Waals surface area contributed by atoms with E-state index in [2.05, 4.69) is 15.5 Å². The van der Waals surface area contributed by atoms with Crippen LogP contribution in [0.3, 0.4) is 0 Å². The third-order valence-electron chi connectivity index (χ3n) is 3.93. The lowest BCUT2D eigenvalue weighted by Crippen LogP contribution is -2.22. The van der Waals surface area contributed by atoms with Crippen molar-refractivity contribution in [3.63, 3.8) is 0 Å². The first-order chi connectivity index (χ1) is 12.7. The number of methoxy groups -OCH3 is 1. The molecule has 134 valence electrons. The highest BCUT2D eigenvalue weighted by Gasteiger charge is 2.09. The molecule has 1 amide bonds. The molecule has 0 atom stereocenters. The summed E-state index contributed by atoms with van der Waals surface area (Å²) < 4.78 is 10.7. The van der Waals surface area contributed by atoms with Gasteiger partial charge in [0.05, 0.1) is 7.11 Å². The first-order valence-corrected chi connectivity index (χ1v) is 8.52. The fourth-order valence-corrected chi connectivity index (χ4v) is 2.48. The molecule has 26 heavy (non-hydrogen) atoms. The van der Waals surface area contributed by atoms with E-state index in [0.717, 1.165) is 16.9 Å². The van der Waals surface area contributed by atoms with Gasteiger partial charge in [-0.15, -0.1) is 10.2 Å². The number of hydrogen-bond donors (Lipinski definition) is 1. The molecule has 2 aromatic carbocycles. The second kappa shape index (κ2) is 8.80. The van der Waals surface area contributed by atoms with Gasteiger partial charge >= 0.3 is 0 Å². The minimum atomic E-state index is 0.00335. The van der Waals surface area contributed by atoms with E-state index >= 15 is 0 Å². The summed E-state index contributed by atoms with van der Waals surface area (Å²) in [6.07, 6.45) is 1.65. The Balaban J connectivity index is 1.40. The van der Waals surface area contributed by atoms with Gasteiger partial charge in [0, 0.05) is 24.9 Å². The number of aromatic nitrogens is 2. The zero-order chi connectivity index (χ0) is 18.2. The molecule has 6 nitrogen and oxygen atoms in total. The van der Waals surface area contributed by atoms with Crippen molar-refractivity contribution in [3.05, 3.63) is 66.1 Å². The largest absolute Gasteiger partial charge is 0.497 e. The molecule has 1 heterocycles. The predicted molar refractivity (Wildman–Crippen MR) is 97.5 cm³/mol. The van der Waals surface area contributed by atoms with Crippen LogP contribution >= 0.6 is 0 Å². The van der Waals surface area contributed by atoms with Crippen molar-refractivity contribution in [2.45, 2.75) is 25.8 Å². The van der Waals surface area contributed by atoms with Crippen molar-refractivity contribution < 1.29 is 13.9 Å². The summed E-state index contributed by atoms with van der Waals surface area (Å²) in [5.41, 5.74) is 1.92. The standard InChI is InChI=1S/C20H21N3O3/c1-25-17-12-10-15(11-13-17)14-21-18(24)8-5-9-19-22-23-20(26-19)16-6-3-2-4-7-16/h2-4,6-7,10-13H,5,8-9,14H2,1H3,(H,21,24). The Kier molecular flexibility index (Phi) is 5.98. The van der Waals surface area contributed by atoms with Crippen molar-refractivity contribution in [1.82, 2.24) is 15.5 Å². The van der Waals surface area contributed by atoms with Gasteiger partial charge in [-0.05, 0) is 36.2 Å². The molecular weight excluding hydrogens is 330 g/mol. The molecule has 0 aliphatic heterocycles. The maximum absolute atomic E-state index is 12.0. The van der Waals surface area contributed by atoms with Crippen LogP contribution in [0.25, 0.3) is 11.5 Å². The number of hydrogen-bond acceptors (Lipinski definition) is 5. The van der Waals surface area contributed by atoms with Gasteiger partial charge < -0.3 is 14.5 Å². The Morgan fingerprint density at radius 2 is 1.85 bits per heavy atom. The van der Waals surface area contributed by atoms with Gasteiger partial charge in [0.25, 0.3) is 0 Å². The monoisotopic (exact) mass is 351 g/mol. The maximum atomic E-state index is 12.0. The van der Waals surface area contributed by atoms with Crippen LogP contribution < -0.4 is 10.1 Å². The molecule has 0 saturated carbocycles. The number of ether oxygens (including phenoxy) is 1. The SMILES string of the molecule is COc1ccc(CNC(=O)CCCc2nnc(-c3ccccc3)o2)cc1. The van der Waals surface area contributed by atoms with Crippen LogP contribution in [0.1, 0.15) is 24.3 Å². The Morgan fingerprint density at radius 1 is 1.08 bits per heavy atom. The van der Waals surface area contributed by atoms with Crippen LogP contribution in [0.5, 0.6) is 5.75 Å². The third kappa shape index (κ3) is 4.92. The van der Waals surface area contributed by atoms with E-state index in [1.54, 1.807) is 7.11 Å². The minimum Gasteiger partial charge on any atom is -0.497 e. The molecule has 0 fully saturated rings. The van der Waals surface area contributed by atoms with Crippen LogP contribution in [-0.4, -0.2) is 23.2 Å². The molecule has 0 aliphatic carbocycles. The van der Waals surface area contributed by atoms with Gasteiger partial charge in [-0.2, -0.15) is 0 Å². The lowest BCUT2D eigenvalue weighted by molar-refractivity contribution is -0.121. The number of carbonyl (C=O) groups is 1. The summed E-state index contributed by atoms with van der Waals surface area (Å²) in [6, 6.07) is 17.2. The molecular formula is C20H21N3O3. The van der Waals surface area contributed by atoms with Gasteiger partial charge in [-0.3, -0.25) is 4.79 Å². The minimum absolute atomic E-state index is 0.00335. The van der Waals surface area contributed by atoms with E-state index in [0.29, 0.717) is 37.6 Å². The summed E-state index contributed by atoms with van der Waals surface area (Å²) in [5.74, 6) is 1.86. The number of rotatable bonds is 8. The Hall–Kier alpha value is -3.15. The number of nitrogens with zero attached hydrogens (tertiary/aromatic N) is 2. The number of nitrogens with one attached hydrogen (secondary N) is 1. The lowest BCUT2D eigenvalue weighted by Gasteiger charge is -2.06. The zero-order valence-electron chi connectivity index (χ0n) is 14.6. The van der Waals surface area contributed by atoms with E-state index in [-0.39, 0.29) is 5.91 Å². The highest BCUT2D eigenvalue weighted by Crippen LogP contribution is 2.17. The molecule has 0 aliphatic rings. The summed E-state index contributed by atoms with van der Waals surface area (Å²) in [5, 5.41) is 11.0. The predicted octanol–water partition coefficient (Wildman–Crippen LogP) is 3.38. The van der Waals surface area contributed by atoms with Crippen molar-refractivity contribution in [2.24, 2.45) is 0 Å². The van der Waals surface area contributed by atoms with Gasteiger partial charge in [0.2, 0.25) is 17.7 Å². The molecule has 0 radical (unpaired) electrons. The normalized spacial score (nSPS) is 10.5. The van der Waals surface area contributed by atoms with Crippen molar-refractivity contribution >= 4 is 5.91 Å². The quantitative estimate of drug-likeness (QED) is 0.673. The topological polar surface area (TPSA) is 77.2 Å². The molecule has 0 unspecified atom stereocenters. The molecule has 0 spiro atoms. The highest BCUT2D eigenvalue weighted by molar-refractivity contribution is 5.75. The molecule has 1 aromatic heterocycles. The van der Waals surface area contributed by atoms with E-state index in [1.807, 2.05) is 54.6 Å². The van der Waals surface area contributed by atoms with Gasteiger partial charge in [-0.1, -0.05) is 30.3 Å². The Morgan fingerprint density at radius 3 is 2.58 bits per heavy atom. The van der Waals surface area contributed by atoms with E-state index < -0.39 is 0 Å². The Labute approximate surface area is 152 Å². The summed E-state index contributed by atoms with van der Waals surface area (Å²) in [7, 11) is 1.63. The number of amides is 1. The van der Waals surface area contributed by atoms with Crippen LogP contribution in [0, 0.1) is 0 Å². The number of aryl methyl sites for hydroxylation is 1. The van der Waals surface area contributed by atoms with Crippen LogP contribution in [0.2, 0.25) is 0 Å². The average molecular weight is 351 g/mol. The van der Waals surface area contributed by atoms with E-state index in [9.17, 15) is 4.79 Å². The molecule has 1 N–H and O–H groups in total. The van der Waals surface area contributed by atoms with E-state index in [4.69, 9.17) is 9.15 Å². The van der Waals surface area contributed by atoms with Crippen molar-refractivity contribution in [1.29, 1.82) is 0 Å². The smallest absolute Gasteiger partial charge is 0.247 e. The van der Waals surface area contributed by atoms with Crippen LogP contribution in [-0.2, 0) is 17.8 Å². The highest BCUT2D eigenvalue weighted by atomic mass is 16.5. The fraction of sp³-hybridized carbons (Fsp3) is 0.250. The summed E-state index contributed by atoms with van der Waals surface area (Å²) >= 11 is 0. The van der Waals surface area contributed by atoms with Crippen LogP contribution in [0.4, 0.5) is 0 Å². The molecule has 3 rings (SSSR count). The summed E-state index contributed by atoms with van der Waals surface area (Å²) in [6.45, 7) is 0.502. The first kappa shape index (κ1) is 17.7. The van der Waals surface area contributed by atoms with Gasteiger partial charge in [-0.25, -0.2) is 0 Å². The fourth-order valence-electron chi connectivity index (χ4n) is 2.48. The number of carbonyl (C=O) groups excluding carboxylic acids is 1. The second-order valence-corrected chi connectivity index (χ2v) is 5.85. The number of benzene rings is 2. The van der Waals surface area contributed by atoms with Crippen molar-refractivity contribution in [3.8, 4) is 17.2 Å². The van der Waals surface area contributed by atoms with Gasteiger partial charge in [0.1, 0.15) is 5.75 Å². The molecule has 3 aromatic rings. The Bertz CT molecular complexity index is 829. The molecule has 0 bridgehead atoms. The third-order valence-corrected chi connectivity index (χ3v) is 3.93. The van der Waals surface area contributed by atoms with E-state index in [1.165, 1.54) is 0 Å². The summed E-state index contributed by atoms with van der Waals surface area (Å²) in [4.78, 5) is 12.0. The molecule has 6 heteroatoms.